The van der Waals surface area contributed by atoms with Crippen molar-refractivity contribution in [1.82, 2.24) is 10.2 Å². The Kier molecular flexibility index (Phi) is 5.02. The lowest BCUT2D eigenvalue weighted by Gasteiger charge is -2.11. The van der Waals surface area contributed by atoms with Crippen molar-refractivity contribution in [2.45, 2.75) is 0 Å². The minimum absolute atomic E-state index is 0.0299. The van der Waals surface area contributed by atoms with E-state index in [1.54, 1.807) is 49.6 Å². The first-order valence-electron chi connectivity index (χ1n) is 7.66. The van der Waals surface area contributed by atoms with Gasteiger partial charge in [-0.3, -0.25) is 10.1 Å². The number of carbonyl (C=O) groups is 1. The first kappa shape index (κ1) is 17.3. The van der Waals surface area contributed by atoms with Crippen LogP contribution in [0.4, 0.5) is 6.01 Å². The number of methoxy groups -OCH3 is 3. The molecular weight excluding hydrogens is 338 g/mol. The predicted molar refractivity (Wildman–Crippen MR) is 93.8 cm³/mol. The molecule has 0 saturated heterocycles. The normalized spacial score (nSPS) is 10.3. The molecule has 8 heteroatoms. The van der Waals surface area contributed by atoms with E-state index in [2.05, 4.69) is 15.5 Å². The van der Waals surface area contributed by atoms with Crippen LogP contribution in [0.15, 0.2) is 46.9 Å². The van der Waals surface area contributed by atoms with E-state index in [0.29, 0.717) is 22.8 Å². The number of hydrogen-bond acceptors (Lipinski definition) is 7. The molecule has 0 spiro atoms. The molecule has 1 N–H and O–H groups in total. The zero-order valence-corrected chi connectivity index (χ0v) is 14.5. The zero-order valence-electron chi connectivity index (χ0n) is 14.5. The summed E-state index contributed by atoms with van der Waals surface area (Å²) in [6, 6.07) is 12.1. The van der Waals surface area contributed by atoms with E-state index < -0.39 is 5.91 Å². The molecule has 1 aromatic heterocycles. The second kappa shape index (κ2) is 7.56. The van der Waals surface area contributed by atoms with E-state index >= 15 is 0 Å². The van der Waals surface area contributed by atoms with Gasteiger partial charge in [-0.15, -0.1) is 5.10 Å². The van der Waals surface area contributed by atoms with Gasteiger partial charge in [0.05, 0.1) is 26.9 Å². The van der Waals surface area contributed by atoms with Crippen LogP contribution in [0, 0.1) is 0 Å². The minimum atomic E-state index is -0.457. The molecule has 8 nitrogen and oxygen atoms in total. The SMILES string of the molecule is COc1cccc(-c2nnc(NC(=O)c3cccc(OC)c3OC)o2)c1. The third-order valence-electron chi connectivity index (χ3n) is 3.61. The molecule has 1 amide bonds. The highest BCUT2D eigenvalue weighted by atomic mass is 16.5. The molecular formula is C18H17N3O5. The first-order valence-corrected chi connectivity index (χ1v) is 7.66. The summed E-state index contributed by atoms with van der Waals surface area (Å²) < 4.78 is 21.1. The van der Waals surface area contributed by atoms with Gasteiger partial charge in [0.1, 0.15) is 5.75 Å². The van der Waals surface area contributed by atoms with Gasteiger partial charge in [-0.05, 0) is 30.3 Å². The van der Waals surface area contributed by atoms with Gasteiger partial charge in [0.15, 0.2) is 11.5 Å². The van der Waals surface area contributed by atoms with E-state index in [4.69, 9.17) is 18.6 Å². The Bertz CT molecular complexity index is 923. The molecule has 26 heavy (non-hydrogen) atoms. The summed E-state index contributed by atoms with van der Waals surface area (Å²) in [4.78, 5) is 12.5. The Hall–Kier alpha value is -3.55. The molecule has 0 aliphatic carbocycles. The van der Waals surface area contributed by atoms with Crippen molar-refractivity contribution >= 4 is 11.9 Å². The summed E-state index contributed by atoms with van der Waals surface area (Å²) in [5.74, 6) is 1.23. The number of anilines is 1. The summed E-state index contributed by atoms with van der Waals surface area (Å²) >= 11 is 0. The standard InChI is InChI=1S/C18H17N3O5/c1-23-12-7-4-6-11(10-12)17-20-21-18(26-17)19-16(22)13-8-5-9-14(24-2)15(13)25-3/h4-10H,1-3H3,(H,19,21,22). The van der Waals surface area contributed by atoms with Crippen LogP contribution in [-0.2, 0) is 0 Å². The van der Waals surface area contributed by atoms with Gasteiger partial charge in [0, 0.05) is 5.56 Å². The molecule has 134 valence electrons. The quantitative estimate of drug-likeness (QED) is 0.726. The lowest BCUT2D eigenvalue weighted by atomic mass is 10.1. The summed E-state index contributed by atoms with van der Waals surface area (Å²) in [7, 11) is 4.53. The largest absolute Gasteiger partial charge is 0.497 e. The smallest absolute Gasteiger partial charge is 0.322 e. The van der Waals surface area contributed by atoms with Gasteiger partial charge >= 0.3 is 6.01 Å². The maximum atomic E-state index is 12.5. The van der Waals surface area contributed by atoms with Gasteiger partial charge in [0.25, 0.3) is 5.91 Å². The van der Waals surface area contributed by atoms with Crippen molar-refractivity contribution < 1.29 is 23.4 Å². The molecule has 0 radical (unpaired) electrons. The molecule has 2 aromatic carbocycles. The number of benzene rings is 2. The van der Waals surface area contributed by atoms with Gasteiger partial charge in [-0.25, -0.2) is 0 Å². The van der Waals surface area contributed by atoms with Crippen molar-refractivity contribution in [3.8, 4) is 28.7 Å². The lowest BCUT2D eigenvalue weighted by molar-refractivity contribution is 0.102. The van der Waals surface area contributed by atoms with Crippen molar-refractivity contribution in [2.24, 2.45) is 0 Å². The number of amides is 1. The minimum Gasteiger partial charge on any atom is -0.497 e. The van der Waals surface area contributed by atoms with Crippen molar-refractivity contribution in [2.75, 3.05) is 26.6 Å². The summed E-state index contributed by atoms with van der Waals surface area (Å²) in [5.41, 5.74) is 0.962. The van der Waals surface area contributed by atoms with Crippen LogP contribution < -0.4 is 19.5 Å². The number of nitrogens with one attached hydrogen (secondary N) is 1. The number of carbonyl (C=O) groups excluding carboxylic acids is 1. The maximum Gasteiger partial charge on any atom is 0.322 e. The second-order valence-corrected chi connectivity index (χ2v) is 5.14. The zero-order chi connectivity index (χ0) is 18.5. The van der Waals surface area contributed by atoms with Crippen LogP contribution in [0.5, 0.6) is 17.2 Å². The molecule has 0 aliphatic rings. The second-order valence-electron chi connectivity index (χ2n) is 5.14. The third kappa shape index (κ3) is 3.44. The fourth-order valence-electron chi connectivity index (χ4n) is 2.38. The molecule has 0 aliphatic heterocycles. The van der Waals surface area contributed by atoms with E-state index in [0.717, 1.165) is 0 Å². The van der Waals surface area contributed by atoms with Crippen molar-refractivity contribution in [3.05, 3.63) is 48.0 Å². The maximum absolute atomic E-state index is 12.5. The van der Waals surface area contributed by atoms with Crippen LogP contribution in [0.25, 0.3) is 11.5 Å². The highest BCUT2D eigenvalue weighted by molar-refractivity contribution is 6.05. The lowest BCUT2D eigenvalue weighted by Crippen LogP contribution is -2.13. The fraction of sp³-hybridized carbons (Fsp3) is 0.167. The Labute approximate surface area is 149 Å². The fourth-order valence-corrected chi connectivity index (χ4v) is 2.38. The van der Waals surface area contributed by atoms with Crippen molar-refractivity contribution in [1.29, 1.82) is 0 Å². The number of para-hydroxylation sites is 1. The molecule has 3 aromatic rings. The van der Waals surface area contributed by atoms with Gasteiger partial charge in [-0.2, -0.15) is 0 Å². The number of rotatable bonds is 6. The topological polar surface area (TPSA) is 95.7 Å². The van der Waals surface area contributed by atoms with Crippen LogP contribution in [0.1, 0.15) is 10.4 Å². The van der Waals surface area contributed by atoms with Crippen LogP contribution in [-0.4, -0.2) is 37.4 Å². The number of nitrogens with zero attached hydrogens (tertiary/aromatic N) is 2. The average Bonchev–Trinajstić information content (AvgIpc) is 3.15. The van der Waals surface area contributed by atoms with Gasteiger partial charge < -0.3 is 18.6 Å². The summed E-state index contributed by atoms with van der Waals surface area (Å²) in [6.45, 7) is 0. The Morgan fingerprint density at radius 3 is 2.54 bits per heavy atom. The average molecular weight is 355 g/mol. The molecule has 0 bridgehead atoms. The van der Waals surface area contributed by atoms with E-state index in [-0.39, 0.29) is 17.5 Å². The monoisotopic (exact) mass is 355 g/mol. The summed E-state index contributed by atoms with van der Waals surface area (Å²) in [5, 5.41) is 10.3. The molecule has 1 heterocycles. The molecule has 0 saturated carbocycles. The van der Waals surface area contributed by atoms with E-state index in [9.17, 15) is 4.79 Å². The molecule has 0 atom stereocenters. The van der Waals surface area contributed by atoms with E-state index in [1.807, 2.05) is 0 Å². The Morgan fingerprint density at radius 1 is 1.00 bits per heavy atom. The molecule has 0 unspecified atom stereocenters. The number of ether oxygens (including phenoxy) is 3. The van der Waals surface area contributed by atoms with E-state index in [1.165, 1.54) is 14.2 Å². The summed E-state index contributed by atoms with van der Waals surface area (Å²) in [6.07, 6.45) is 0. The highest BCUT2D eigenvalue weighted by Crippen LogP contribution is 2.31. The molecule has 0 fully saturated rings. The Balaban J connectivity index is 1.82. The number of aromatic nitrogens is 2. The first-order chi connectivity index (χ1) is 12.7. The number of hydrogen-bond donors (Lipinski definition) is 1. The Morgan fingerprint density at radius 2 is 1.81 bits per heavy atom. The predicted octanol–water partition coefficient (Wildman–Crippen LogP) is 3.01. The third-order valence-corrected chi connectivity index (χ3v) is 3.61. The van der Waals surface area contributed by atoms with Crippen LogP contribution in [0.3, 0.4) is 0 Å². The van der Waals surface area contributed by atoms with Gasteiger partial charge in [-0.1, -0.05) is 17.2 Å². The highest BCUT2D eigenvalue weighted by Gasteiger charge is 2.19. The molecule has 3 rings (SSSR count). The van der Waals surface area contributed by atoms with Crippen LogP contribution >= 0.6 is 0 Å². The van der Waals surface area contributed by atoms with Gasteiger partial charge in [0.2, 0.25) is 5.89 Å². The van der Waals surface area contributed by atoms with Crippen LogP contribution in [0.2, 0.25) is 0 Å². The van der Waals surface area contributed by atoms with Crippen molar-refractivity contribution in [3.63, 3.8) is 0 Å².